The van der Waals surface area contributed by atoms with Gasteiger partial charge in [-0.15, -0.1) is 0 Å². The van der Waals surface area contributed by atoms with Crippen molar-refractivity contribution >= 4 is 5.84 Å². The second-order valence-electron chi connectivity index (χ2n) is 5.27. The number of nitrogens with two attached hydrogens (primary N) is 1. The van der Waals surface area contributed by atoms with Crippen molar-refractivity contribution in [1.29, 1.82) is 5.41 Å². The molecule has 0 bridgehead atoms. The second kappa shape index (κ2) is 6.50. The number of amidine groups is 1. The Morgan fingerprint density at radius 3 is 2.50 bits per heavy atom. The van der Waals surface area contributed by atoms with Gasteiger partial charge >= 0.3 is 0 Å². The van der Waals surface area contributed by atoms with Crippen molar-refractivity contribution in [2.24, 2.45) is 11.1 Å². The fourth-order valence-electron chi connectivity index (χ4n) is 1.67. The number of nitrogens with zero attached hydrogens (tertiary/aromatic N) is 2. The molecule has 18 heavy (non-hydrogen) atoms. The fraction of sp³-hybridized carbons (Fsp3) is 0.571. The number of rotatable bonds is 7. The highest BCUT2D eigenvalue weighted by molar-refractivity contribution is 5.82. The van der Waals surface area contributed by atoms with Gasteiger partial charge in [-0.1, -0.05) is 20.8 Å². The molecule has 0 spiro atoms. The monoisotopic (exact) mass is 248 g/mol. The number of aromatic nitrogens is 1. The first-order valence-corrected chi connectivity index (χ1v) is 6.41. The Bertz CT molecular complexity index is 373. The lowest BCUT2D eigenvalue weighted by atomic mass is 9.88. The van der Waals surface area contributed by atoms with Crippen molar-refractivity contribution in [3.8, 4) is 0 Å². The highest BCUT2D eigenvalue weighted by atomic mass is 15.1. The Morgan fingerprint density at radius 1 is 1.39 bits per heavy atom. The zero-order valence-electron chi connectivity index (χ0n) is 11.6. The molecule has 0 saturated heterocycles. The Balaban J connectivity index is 2.51. The molecule has 0 amide bonds. The van der Waals surface area contributed by atoms with Gasteiger partial charge in [-0.3, -0.25) is 15.3 Å². The van der Waals surface area contributed by atoms with Crippen LogP contribution in [-0.4, -0.2) is 28.8 Å². The van der Waals surface area contributed by atoms with Crippen LogP contribution in [0.3, 0.4) is 0 Å². The molecule has 0 aliphatic carbocycles. The maximum absolute atomic E-state index is 7.57. The van der Waals surface area contributed by atoms with E-state index >= 15 is 0 Å². The van der Waals surface area contributed by atoms with Crippen molar-refractivity contribution in [3.63, 3.8) is 0 Å². The fourth-order valence-corrected chi connectivity index (χ4v) is 1.67. The summed E-state index contributed by atoms with van der Waals surface area (Å²) < 4.78 is 0. The first-order chi connectivity index (χ1) is 8.45. The van der Waals surface area contributed by atoms with Crippen LogP contribution >= 0.6 is 0 Å². The van der Waals surface area contributed by atoms with Gasteiger partial charge in [0.1, 0.15) is 0 Å². The van der Waals surface area contributed by atoms with E-state index in [2.05, 4.69) is 16.8 Å². The lowest BCUT2D eigenvalue weighted by molar-refractivity contribution is 0.248. The molecule has 1 aromatic heterocycles. The molecule has 0 aliphatic rings. The third-order valence-electron chi connectivity index (χ3n) is 3.38. The van der Waals surface area contributed by atoms with Crippen LogP contribution in [0, 0.1) is 10.8 Å². The number of nitrogens with one attached hydrogen (secondary N) is 1. The summed E-state index contributed by atoms with van der Waals surface area (Å²) in [5.41, 5.74) is 6.66. The van der Waals surface area contributed by atoms with Crippen molar-refractivity contribution in [1.82, 2.24) is 9.88 Å². The van der Waals surface area contributed by atoms with E-state index in [0.717, 1.165) is 26.1 Å². The summed E-state index contributed by atoms with van der Waals surface area (Å²) in [6.45, 7) is 9.07. The summed E-state index contributed by atoms with van der Waals surface area (Å²) >= 11 is 0. The van der Waals surface area contributed by atoms with Crippen molar-refractivity contribution in [2.75, 3.05) is 13.1 Å². The molecule has 0 fully saturated rings. The SMILES string of the molecule is CCN(CCC(C)(C)C(=N)N)Cc1ccncc1. The van der Waals surface area contributed by atoms with E-state index in [-0.39, 0.29) is 11.3 Å². The average Bonchev–Trinajstić information content (AvgIpc) is 2.35. The number of pyridine rings is 1. The molecule has 0 atom stereocenters. The van der Waals surface area contributed by atoms with E-state index in [0.29, 0.717) is 0 Å². The lowest BCUT2D eigenvalue weighted by Gasteiger charge is -2.27. The zero-order chi connectivity index (χ0) is 13.6. The Morgan fingerprint density at radius 2 is 2.00 bits per heavy atom. The molecule has 100 valence electrons. The molecular formula is C14H24N4. The van der Waals surface area contributed by atoms with Crippen LogP contribution in [-0.2, 0) is 6.54 Å². The Kier molecular flexibility index (Phi) is 5.28. The van der Waals surface area contributed by atoms with Crippen molar-refractivity contribution < 1.29 is 0 Å². The van der Waals surface area contributed by atoms with E-state index in [9.17, 15) is 0 Å². The zero-order valence-corrected chi connectivity index (χ0v) is 11.6. The summed E-state index contributed by atoms with van der Waals surface area (Å²) in [5, 5.41) is 7.57. The van der Waals surface area contributed by atoms with E-state index in [4.69, 9.17) is 11.1 Å². The molecule has 1 rings (SSSR count). The maximum Gasteiger partial charge on any atom is 0.0963 e. The smallest absolute Gasteiger partial charge is 0.0963 e. The van der Waals surface area contributed by atoms with Crippen LogP contribution in [0.4, 0.5) is 0 Å². The molecule has 0 saturated carbocycles. The van der Waals surface area contributed by atoms with E-state index in [1.807, 2.05) is 38.4 Å². The molecule has 3 N–H and O–H groups in total. The summed E-state index contributed by atoms with van der Waals surface area (Å²) in [4.78, 5) is 6.38. The van der Waals surface area contributed by atoms with Gasteiger partial charge in [0.25, 0.3) is 0 Å². The Hall–Kier alpha value is -1.42. The topological polar surface area (TPSA) is 66.0 Å². The van der Waals surface area contributed by atoms with Gasteiger partial charge in [-0.05, 0) is 37.2 Å². The number of hydrogen-bond donors (Lipinski definition) is 2. The van der Waals surface area contributed by atoms with Crippen LogP contribution in [0.2, 0.25) is 0 Å². The van der Waals surface area contributed by atoms with Gasteiger partial charge in [-0.25, -0.2) is 0 Å². The van der Waals surface area contributed by atoms with E-state index in [1.54, 1.807) is 0 Å². The molecule has 0 aliphatic heterocycles. The van der Waals surface area contributed by atoms with Crippen LogP contribution in [0.25, 0.3) is 0 Å². The first-order valence-electron chi connectivity index (χ1n) is 6.41. The summed E-state index contributed by atoms with van der Waals surface area (Å²) in [5.74, 6) is 0.266. The summed E-state index contributed by atoms with van der Waals surface area (Å²) in [6, 6.07) is 4.08. The average molecular weight is 248 g/mol. The minimum Gasteiger partial charge on any atom is -0.387 e. The molecule has 1 aromatic rings. The van der Waals surface area contributed by atoms with E-state index < -0.39 is 0 Å². The van der Waals surface area contributed by atoms with Crippen molar-refractivity contribution in [2.45, 2.75) is 33.7 Å². The normalized spacial score (nSPS) is 11.8. The van der Waals surface area contributed by atoms with Crippen LogP contribution < -0.4 is 5.73 Å². The summed E-state index contributed by atoms with van der Waals surface area (Å²) in [6.07, 6.45) is 4.55. The van der Waals surface area contributed by atoms with Gasteiger partial charge in [0.15, 0.2) is 0 Å². The standard InChI is InChI=1S/C14H24N4/c1-4-18(10-7-14(2,3)13(15)16)11-12-5-8-17-9-6-12/h5-6,8-9H,4,7,10-11H2,1-3H3,(H3,15,16). The number of hydrogen-bond acceptors (Lipinski definition) is 3. The van der Waals surface area contributed by atoms with Gasteiger partial charge in [-0.2, -0.15) is 0 Å². The second-order valence-corrected chi connectivity index (χ2v) is 5.27. The van der Waals surface area contributed by atoms with Crippen LogP contribution in [0.5, 0.6) is 0 Å². The molecular weight excluding hydrogens is 224 g/mol. The Labute approximate surface area is 110 Å². The molecule has 0 unspecified atom stereocenters. The lowest BCUT2D eigenvalue weighted by Crippen LogP contribution is -2.35. The maximum atomic E-state index is 7.57. The highest BCUT2D eigenvalue weighted by Crippen LogP contribution is 2.20. The predicted octanol–water partition coefficient (Wildman–Crippen LogP) is 2.26. The minimum atomic E-state index is -0.217. The van der Waals surface area contributed by atoms with E-state index in [1.165, 1.54) is 5.56 Å². The van der Waals surface area contributed by atoms with Crippen LogP contribution in [0.1, 0.15) is 32.8 Å². The van der Waals surface area contributed by atoms with Gasteiger partial charge < -0.3 is 5.73 Å². The summed E-state index contributed by atoms with van der Waals surface area (Å²) in [7, 11) is 0. The third kappa shape index (κ3) is 4.45. The van der Waals surface area contributed by atoms with Gasteiger partial charge in [0.2, 0.25) is 0 Å². The van der Waals surface area contributed by atoms with Crippen LogP contribution in [0.15, 0.2) is 24.5 Å². The predicted molar refractivity (Wildman–Crippen MR) is 75.5 cm³/mol. The quantitative estimate of drug-likeness (QED) is 0.574. The third-order valence-corrected chi connectivity index (χ3v) is 3.38. The molecule has 4 heteroatoms. The van der Waals surface area contributed by atoms with Gasteiger partial charge in [0, 0.05) is 24.4 Å². The minimum absolute atomic E-state index is 0.217. The van der Waals surface area contributed by atoms with Gasteiger partial charge in [0.05, 0.1) is 5.84 Å². The molecule has 0 radical (unpaired) electrons. The molecule has 0 aromatic carbocycles. The molecule has 4 nitrogen and oxygen atoms in total. The highest BCUT2D eigenvalue weighted by Gasteiger charge is 2.22. The molecule has 1 heterocycles. The van der Waals surface area contributed by atoms with Crippen molar-refractivity contribution in [3.05, 3.63) is 30.1 Å². The largest absolute Gasteiger partial charge is 0.387 e. The first kappa shape index (κ1) is 14.6.